The number of nitrogens with one attached hydrogen (secondary N) is 2. The molecule has 1 saturated carbocycles. The molecule has 2 unspecified atom stereocenters. The summed E-state index contributed by atoms with van der Waals surface area (Å²) in [7, 11) is 0. The molecule has 0 aliphatic heterocycles. The first-order chi connectivity index (χ1) is 9.97. The van der Waals surface area contributed by atoms with Gasteiger partial charge in [0.05, 0.1) is 11.6 Å². The molecule has 21 heavy (non-hydrogen) atoms. The van der Waals surface area contributed by atoms with Gasteiger partial charge >= 0.3 is 12.0 Å². The minimum absolute atomic E-state index is 0.366. The fraction of sp³-hybridized carbons (Fsp3) is 0.429. The lowest BCUT2D eigenvalue weighted by molar-refractivity contribution is -0.143. The van der Waals surface area contributed by atoms with Crippen LogP contribution in [0.2, 0.25) is 0 Å². The number of halogens is 2. The summed E-state index contributed by atoms with van der Waals surface area (Å²) in [5.41, 5.74) is 0.497. The molecule has 0 spiro atoms. The summed E-state index contributed by atoms with van der Waals surface area (Å²) in [6.45, 7) is 0. The van der Waals surface area contributed by atoms with Crippen LogP contribution in [0.15, 0.2) is 18.2 Å². The van der Waals surface area contributed by atoms with Crippen LogP contribution in [-0.2, 0) is 4.79 Å². The van der Waals surface area contributed by atoms with Crippen molar-refractivity contribution in [2.75, 3.05) is 5.32 Å². The molecule has 2 rings (SSSR count). The normalized spacial score (nSPS) is 21.6. The number of carboxylic acid groups (broad SMARTS) is 1. The third kappa shape index (κ3) is 4.29. The van der Waals surface area contributed by atoms with Crippen LogP contribution < -0.4 is 10.6 Å². The van der Waals surface area contributed by atoms with Crippen LogP contribution >= 0.6 is 22.6 Å². The number of amides is 2. The molecule has 5 nitrogen and oxygen atoms in total. The van der Waals surface area contributed by atoms with E-state index in [1.807, 2.05) is 22.6 Å². The second kappa shape index (κ2) is 7.06. The minimum Gasteiger partial charge on any atom is -0.481 e. The van der Waals surface area contributed by atoms with Crippen molar-refractivity contribution in [3.63, 3.8) is 0 Å². The smallest absolute Gasteiger partial charge is 0.319 e. The van der Waals surface area contributed by atoms with Crippen LogP contribution in [-0.4, -0.2) is 23.1 Å². The molecule has 1 fully saturated rings. The van der Waals surface area contributed by atoms with Gasteiger partial charge in [-0.15, -0.1) is 0 Å². The van der Waals surface area contributed by atoms with Crippen molar-refractivity contribution < 1.29 is 19.1 Å². The van der Waals surface area contributed by atoms with E-state index in [0.717, 1.165) is 12.8 Å². The quantitative estimate of drug-likeness (QED) is 0.675. The van der Waals surface area contributed by atoms with Crippen LogP contribution in [0.25, 0.3) is 0 Å². The molecular weight excluding hydrogens is 390 g/mol. The van der Waals surface area contributed by atoms with E-state index < -0.39 is 17.9 Å². The average Bonchev–Trinajstić information content (AvgIpc) is 2.42. The van der Waals surface area contributed by atoms with Crippen molar-refractivity contribution in [1.82, 2.24) is 5.32 Å². The fourth-order valence-electron chi connectivity index (χ4n) is 2.52. The number of carboxylic acids is 1. The Morgan fingerprint density at radius 1 is 1.29 bits per heavy atom. The molecule has 0 aromatic heterocycles. The number of aliphatic carboxylic acids is 1. The van der Waals surface area contributed by atoms with Gasteiger partial charge in [-0.1, -0.05) is 12.8 Å². The molecule has 1 aromatic carbocycles. The van der Waals surface area contributed by atoms with E-state index in [0.29, 0.717) is 22.1 Å². The van der Waals surface area contributed by atoms with Gasteiger partial charge in [-0.25, -0.2) is 9.18 Å². The highest BCUT2D eigenvalue weighted by molar-refractivity contribution is 14.1. The predicted octanol–water partition coefficient (Wildman–Crippen LogP) is 3.20. The summed E-state index contributed by atoms with van der Waals surface area (Å²) in [4.78, 5) is 23.2. The monoisotopic (exact) mass is 406 g/mol. The summed E-state index contributed by atoms with van der Waals surface area (Å²) in [6, 6.07) is 3.23. The number of rotatable bonds is 3. The van der Waals surface area contributed by atoms with E-state index in [2.05, 4.69) is 10.6 Å². The fourth-order valence-corrected chi connectivity index (χ4v) is 3.13. The Bertz CT molecular complexity index is 553. The lowest BCUT2D eigenvalue weighted by atomic mass is 9.84. The van der Waals surface area contributed by atoms with Crippen molar-refractivity contribution in [2.24, 2.45) is 5.92 Å². The topological polar surface area (TPSA) is 78.4 Å². The van der Waals surface area contributed by atoms with Crippen LogP contribution in [0, 0.1) is 15.3 Å². The van der Waals surface area contributed by atoms with Crippen molar-refractivity contribution in [2.45, 2.75) is 31.7 Å². The van der Waals surface area contributed by atoms with E-state index in [9.17, 15) is 19.1 Å². The highest BCUT2D eigenvalue weighted by Gasteiger charge is 2.31. The maximum Gasteiger partial charge on any atom is 0.319 e. The second-order valence-corrected chi connectivity index (χ2v) is 6.22. The molecule has 0 saturated heterocycles. The number of hydrogen-bond acceptors (Lipinski definition) is 2. The maximum absolute atomic E-state index is 13.0. The highest BCUT2D eigenvalue weighted by Crippen LogP contribution is 2.25. The van der Waals surface area contributed by atoms with E-state index in [-0.39, 0.29) is 11.9 Å². The number of carbonyl (C=O) groups excluding carboxylic acids is 1. The lowest BCUT2D eigenvalue weighted by Crippen LogP contribution is -2.46. The summed E-state index contributed by atoms with van der Waals surface area (Å²) < 4.78 is 13.6. The van der Waals surface area contributed by atoms with Crippen molar-refractivity contribution in [1.29, 1.82) is 0 Å². The molecule has 1 aliphatic carbocycles. The van der Waals surface area contributed by atoms with Gasteiger partial charge in [0.2, 0.25) is 0 Å². The first kappa shape index (κ1) is 16.0. The van der Waals surface area contributed by atoms with Crippen molar-refractivity contribution in [3.05, 3.63) is 27.6 Å². The summed E-state index contributed by atoms with van der Waals surface area (Å²) in [5, 5.41) is 14.5. The van der Waals surface area contributed by atoms with Gasteiger partial charge in [0.15, 0.2) is 0 Å². The molecule has 2 atom stereocenters. The Kier molecular flexibility index (Phi) is 5.38. The number of benzene rings is 1. The zero-order valence-corrected chi connectivity index (χ0v) is 13.4. The van der Waals surface area contributed by atoms with E-state index in [4.69, 9.17) is 0 Å². The van der Waals surface area contributed by atoms with E-state index >= 15 is 0 Å². The molecule has 3 N–H and O–H groups in total. The third-order valence-electron chi connectivity index (χ3n) is 3.58. The van der Waals surface area contributed by atoms with Gasteiger partial charge in [-0.05, 0) is 53.6 Å². The number of urea groups is 1. The zero-order valence-electron chi connectivity index (χ0n) is 11.2. The molecule has 0 bridgehead atoms. The Morgan fingerprint density at radius 3 is 2.67 bits per heavy atom. The highest BCUT2D eigenvalue weighted by atomic mass is 127. The summed E-state index contributed by atoms with van der Waals surface area (Å²) >= 11 is 1.93. The standard InChI is InChI=1S/C14H16FIN2O3/c15-8-5-6-12(10(16)7-8)18-14(21)17-11-4-2-1-3-9(11)13(19)20/h5-7,9,11H,1-4H2,(H,19,20)(H2,17,18,21). The molecule has 0 radical (unpaired) electrons. The Hall–Kier alpha value is -1.38. The van der Waals surface area contributed by atoms with Gasteiger partial charge in [0.25, 0.3) is 0 Å². The van der Waals surface area contributed by atoms with Crippen LogP contribution in [0.1, 0.15) is 25.7 Å². The molecule has 1 aromatic rings. The summed E-state index contributed by atoms with van der Waals surface area (Å²) in [5.74, 6) is -1.79. The molecule has 1 aliphatic rings. The second-order valence-electron chi connectivity index (χ2n) is 5.06. The van der Waals surface area contributed by atoms with Crippen LogP contribution in [0.3, 0.4) is 0 Å². The van der Waals surface area contributed by atoms with E-state index in [1.54, 1.807) is 0 Å². The van der Waals surface area contributed by atoms with Gasteiger partial charge in [0, 0.05) is 9.61 Å². The van der Waals surface area contributed by atoms with Gasteiger partial charge < -0.3 is 15.7 Å². The molecule has 0 heterocycles. The van der Waals surface area contributed by atoms with Crippen molar-refractivity contribution in [3.8, 4) is 0 Å². The SMILES string of the molecule is O=C(Nc1ccc(F)cc1I)NC1CCCCC1C(=O)O. The maximum atomic E-state index is 13.0. The Morgan fingerprint density at radius 2 is 2.00 bits per heavy atom. The molecule has 114 valence electrons. The first-order valence-electron chi connectivity index (χ1n) is 6.73. The third-order valence-corrected chi connectivity index (χ3v) is 4.47. The zero-order chi connectivity index (χ0) is 15.4. The predicted molar refractivity (Wildman–Crippen MR) is 84.7 cm³/mol. The minimum atomic E-state index is -0.878. The number of anilines is 1. The van der Waals surface area contributed by atoms with Crippen LogP contribution in [0.4, 0.5) is 14.9 Å². The number of carbonyl (C=O) groups is 2. The summed E-state index contributed by atoms with van der Waals surface area (Å²) in [6.07, 6.45) is 3.01. The Labute approximate surface area is 135 Å². The lowest BCUT2D eigenvalue weighted by Gasteiger charge is -2.29. The van der Waals surface area contributed by atoms with E-state index in [1.165, 1.54) is 18.2 Å². The molecule has 7 heteroatoms. The largest absolute Gasteiger partial charge is 0.481 e. The average molecular weight is 406 g/mol. The van der Waals surface area contributed by atoms with Gasteiger partial charge in [-0.2, -0.15) is 0 Å². The van der Waals surface area contributed by atoms with Gasteiger partial charge in [-0.3, -0.25) is 4.79 Å². The molecule has 2 amide bonds. The van der Waals surface area contributed by atoms with Crippen LogP contribution in [0.5, 0.6) is 0 Å². The first-order valence-corrected chi connectivity index (χ1v) is 7.80. The molecular formula is C14H16FIN2O3. The van der Waals surface area contributed by atoms with Crippen molar-refractivity contribution >= 4 is 40.3 Å². The number of hydrogen-bond donors (Lipinski definition) is 3. The van der Waals surface area contributed by atoms with Gasteiger partial charge in [0.1, 0.15) is 5.82 Å². The Balaban J connectivity index is 1.98.